The number of nitrogens with one attached hydrogen (secondary N) is 2. The Morgan fingerprint density at radius 2 is 2.15 bits per heavy atom. The summed E-state index contributed by atoms with van der Waals surface area (Å²) in [5, 5.41) is 13.8. The van der Waals surface area contributed by atoms with Gasteiger partial charge < -0.3 is 25.4 Å². The van der Waals surface area contributed by atoms with Gasteiger partial charge in [0.05, 0.1) is 6.61 Å². The van der Waals surface area contributed by atoms with E-state index in [-0.39, 0.29) is 19.2 Å². The van der Waals surface area contributed by atoms with E-state index >= 15 is 0 Å². The lowest BCUT2D eigenvalue weighted by Crippen LogP contribution is -2.40. The first-order valence-electron chi connectivity index (χ1n) is 7.04. The fourth-order valence-corrected chi connectivity index (χ4v) is 2.19. The highest BCUT2D eigenvalue weighted by Crippen LogP contribution is 2.17. The van der Waals surface area contributed by atoms with Crippen molar-refractivity contribution in [3.05, 3.63) is 0 Å². The molecule has 0 aromatic rings. The first-order valence-corrected chi connectivity index (χ1v) is 7.04. The van der Waals surface area contributed by atoms with Crippen LogP contribution in [0.5, 0.6) is 0 Å². The fourth-order valence-electron chi connectivity index (χ4n) is 2.19. The van der Waals surface area contributed by atoms with Crippen LogP contribution in [0.4, 0.5) is 4.79 Å². The normalized spacial score (nSPS) is 19.2. The van der Waals surface area contributed by atoms with Crippen LogP contribution in [0.3, 0.4) is 0 Å². The van der Waals surface area contributed by atoms with E-state index < -0.39 is 5.97 Å². The number of hydrogen-bond donors (Lipinski definition) is 3. The van der Waals surface area contributed by atoms with Gasteiger partial charge in [-0.3, -0.25) is 0 Å². The van der Waals surface area contributed by atoms with Crippen LogP contribution in [0, 0.1) is 5.92 Å². The molecular weight excluding hydrogens is 262 g/mol. The van der Waals surface area contributed by atoms with Crippen LogP contribution in [-0.4, -0.2) is 67.4 Å². The second-order valence-corrected chi connectivity index (χ2v) is 5.33. The van der Waals surface area contributed by atoms with Crippen molar-refractivity contribution in [3.8, 4) is 0 Å². The van der Waals surface area contributed by atoms with Crippen LogP contribution < -0.4 is 10.6 Å². The van der Waals surface area contributed by atoms with Gasteiger partial charge in [-0.1, -0.05) is 0 Å². The third-order valence-electron chi connectivity index (χ3n) is 3.36. The van der Waals surface area contributed by atoms with Gasteiger partial charge in [-0.15, -0.1) is 0 Å². The van der Waals surface area contributed by atoms with E-state index in [1.165, 1.54) is 0 Å². The molecule has 1 saturated heterocycles. The maximum atomic E-state index is 11.5. The number of carboxylic acids is 1. The Morgan fingerprint density at radius 3 is 2.75 bits per heavy atom. The van der Waals surface area contributed by atoms with Crippen molar-refractivity contribution < 1.29 is 19.4 Å². The Morgan fingerprint density at radius 1 is 1.40 bits per heavy atom. The summed E-state index contributed by atoms with van der Waals surface area (Å²) in [6.07, 6.45) is 1.11. The van der Waals surface area contributed by atoms with E-state index in [4.69, 9.17) is 9.84 Å². The SMILES string of the molecule is CC(C)N1CCC(CNC(=O)NCCOCC(=O)O)C1. The van der Waals surface area contributed by atoms with Crippen LogP contribution in [0.25, 0.3) is 0 Å². The highest BCUT2D eigenvalue weighted by Gasteiger charge is 2.24. The molecule has 1 aliphatic rings. The summed E-state index contributed by atoms with van der Waals surface area (Å²) in [5.41, 5.74) is 0. The van der Waals surface area contributed by atoms with Gasteiger partial charge in [-0.25, -0.2) is 9.59 Å². The zero-order valence-electron chi connectivity index (χ0n) is 12.2. The Labute approximate surface area is 119 Å². The van der Waals surface area contributed by atoms with Crippen molar-refractivity contribution >= 4 is 12.0 Å². The van der Waals surface area contributed by atoms with E-state index in [1.54, 1.807) is 0 Å². The fraction of sp³-hybridized carbons (Fsp3) is 0.846. The van der Waals surface area contributed by atoms with Crippen LogP contribution in [0.1, 0.15) is 20.3 Å². The number of hydrogen-bond acceptors (Lipinski definition) is 4. The molecule has 7 heteroatoms. The van der Waals surface area contributed by atoms with Crippen LogP contribution >= 0.6 is 0 Å². The van der Waals surface area contributed by atoms with Gasteiger partial charge >= 0.3 is 12.0 Å². The first-order chi connectivity index (χ1) is 9.49. The molecule has 1 rings (SSSR count). The van der Waals surface area contributed by atoms with Crippen molar-refractivity contribution in [2.45, 2.75) is 26.3 Å². The summed E-state index contributed by atoms with van der Waals surface area (Å²) in [6.45, 7) is 7.32. The molecule has 2 amide bonds. The zero-order chi connectivity index (χ0) is 15.0. The molecule has 0 aromatic heterocycles. The van der Waals surface area contributed by atoms with Crippen molar-refractivity contribution in [1.29, 1.82) is 0 Å². The molecular formula is C13H25N3O4. The number of aliphatic carboxylic acids is 1. The van der Waals surface area contributed by atoms with Crippen LogP contribution in [0.2, 0.25) is 0 Å². The van der Waals surface area contributed by atoms with Gasteiger partial charge in [-0.05, 0) is 32.7 Å². The molecule has 0 saturated carbocycles. The van der Waals surface area contributed by atoms with Crippen molar-refractivity contribution in [2.24, 2.45) is 5.92 Å². The third kappa shape index (κ3) is 6.72. The van der Waals surface area contributed by atoms with Gasteiger partial charge in [0.15, 0.2) is 0 Å². The number of amides is 2. The molecule has 0 radical (unpaired) electrons. The summed E-state index contributed by atoms with van der Waals surface area (Å²) in [7, 11) is 0. The van der Waals surface area contributed by atoms with Crippen molar-refractivity contribution in [1.82, 2.24) is 15.5 Å². The minimum Gasteiger partial charge on any atom is -0.480 e. The molecule has 1 atom stereocenters. The Balaban J connectivity index is 2.02. The molecule has 0 aromatic carbocycles. The quantitative estimate of drug-likeness (QED) is 0.552. The number of carbonyl (C=O) groups is 2. The Kier molecular flexibility index (Phi) is 7.32. The van der Waals surface area contributed by atoms with Crippen LogP contribution in [0.15, 0.2) is 0 Å². The topological polar surface area (TPSA) is 90.9 Å². The largest absolute Gasteiger partial charge is 0.480 e. The zero-order valence-corrected chi connectivity index (χ0v) is 12.2. The lowest BCUT2D eigenvalue weighted by Gasteiger charge is -2.20. The van der Waals surface area contributed by atoms with Gasteiger partial charge in [0.2, 0.25) is 0 Å². The highest BCUT2D eigenvalue weighted by atomic mass is 16.5. The predicted octanol–water partition coefficient (Wildman–Crippen LogP) is 0.117. The number of nitrogens with zero attached hydrogens (tertiary/aromatic N) is 1. The molecule has 1 fully saturated rings. The average Bonchev–Trinajstić information content (AvgIpc) is 2.84. The maximum Gasteiger partial charge on any atom is 0.329 e. The van der Waals surface area contributed by atoms with E-state index in [0.717, 1.165) is 19.5 Å². The third-order valence-corrected chi connectivity index (χ3v) is 3.36. The minimum atomic E-state index is -1.01. The molecule has 0 bridgehead atoms. The molecule has 1 heterocycles. The van der Waals surface area contributed by atoms with E-state index in [0.29, 0.717) is 25.0 Å². The maximum absolute atomic E-state index is 11.5. The number of carboxylic acid groups (broad SMARTS) is 1. The molecule has 7 nitrogen and oxygen atoms in total. The molecule has 3 N–H and O–H groups in total. The van der Waals surface area contributed by atoms with Crippen molar-refractivity contribution in [2.75, 3.05) is 39.4 Å². The minimum absolute atomic E-state index is 0.199. The molecule has 1 unspecified atom stereocenters. The molecule has 116 valence electrons. The summed E-state index contributed by atoms with van der Waals surface area (Å²) in [5.74, 6) is -0.503. The van der Waals surface area contributed by atoms with Gasteiger partial charge in [-0.2, -0.15) is 0 Å². The summed E-state index contributed by atoms with van der Waals surface area (Å²) < 4.78 is 4.82. The Bertz CT molecular complexity index is 323. The molecule has 0 spiro atoms. The van der Waals surface area contributed by atoms with E-state index in [1.807, 2.05) is 0 Å². The van der Waals surface area contributed by atoms with E-state index in [2.05, 4.69) is 29.4 Å². The monoisotopic (exact) mass is 287 g/mol. The van der Waals surface area contributed by atoms with Crippen molar-refractivity contribution in [3.63, 3.8) is 0 Å². The average molecular weight is 287 g/mol. The number of likely N-dealkylation sites (tertiary alicyclic amines) is 1. The molecule has 20 heavy (non-hydrogen) atoms. The highest BCUT2D eigenvalue weighted by molar-refractivity contribution is 5.73. The van der Waals surface area contributed by atoms with E-state index in [9.17, 15) is 9.59 Å². The number of rotatable bonds is 8. The Hall–Kier alpha value is -1.34. The standard InChI is InChI=1S/C13H25N3O4/c1-10(2)16-5-3-11(8-16)7-15-13(19)14-4-6-20-9-12(17)18/h10-11H,3-9H2,1-2H3,(H,17,18)(H2,14,15,19). The smallest absolute Gasteiger partial charge is 0.329 e. The lowest BCUT2D eigenvalue weighted by atomic mass is 10.1. The lowest BCUT2D eigenvalue weighted by molar-refractivity contribution is -0.142. The number of ether oxygens (including phenoxy) is 1. The van der Waals surface area contributed by atoms with Gasteiger partial charge in [0.25, 0.3) is 0 Å². The number of carbonyl (C=O) groups excluding carboxylic acids is 1. The molecule has 0 aliphatic carbocycles. The van der Waals surface area contributed by atoms with Gasteiger partial charge in [0.1, 0.15) is 6.61 Å². The second kappa shape index (κ2) is 8.76. The summed E-state index contributed by atoms with van der Waals surface area (Å²) >= 11 is 0. The predicted molar refractivity (Wildman–Crippen MR) is 74.7 cm³/mol. The van der Waals surface area contributed by atoms with Gasteiger partial charge in [0, 0.05) is 25.7 Å². The second-order valence-electron chi connectivity index (χ2n) is 5.33. The van der Waals surface area contributed by atoms with Crippen LogP contribution in [-0.2, 0) is 9.53 Å². The summed E-state index contributed by atoms with van der Waals surface area (Å²) in [6, 6.07) is 0.326. The number of urea groups is 1. The summed E-state index contributed by atoms with van der Waals surface area (Å²) in [4.78, 5) is 24.1. The molecule has 1 aliphatic heterocycles. The first kappa shape index (κ1) is 16.7.